The molecule has 0 unspecified atom stereocenters. The summed E-state index contributed by atoms with van der Waals surface area (Å²) >= 11 is 1.61. The zero-order chi connectivity index (χ0) is 16.2. The van der Waals surface area contributed by atoms with Crippen molar-refractivity contribution in [2.24, 2.45) is 0 Å². The number of aryl methyl sites for hydroxylation is 2. The normalized spacial score (nSPS) is 10.8. The van der Waals surface area contributed by atoms with Gasteiger partial charge in [0.05, 0.1) is 6.54 Å². The summed E-state index contributed by atoms with van der Waals surface area (Å²) in [6.45, 7) is 2.54. The lowest BCUT2D eigenvalue weighted by Crippen LogP contribution is -2.23. The van der Waals surface area contributed by atoms with Gasteiger partial charge in [0, 0.05) is 22.4 Å². The number of rotatable bonds is 5. The van der Waals surface area contributed by atoms with E-state index in [1.807, 2.05) is 48.7 Å². The molecular weight excluding hydrogens is 308 g/mol. The molecule has 2 heterocycles. The molecule has 3 aromatic rings. The van der Waals surface area contributed by atoms with Gasteiger partial charge in [-0.15, -0.1) is 11.3 Å². The predicted octanol–water partition coefficient (Wildman–Crippen LogP) is 3.15. The molecule has 0 saturated carbocycles. The number of hydrogen-bond acceptors (Lipinski definition) is 3. The molecule has 2 aromatic heterocycles. The summed E-state index contributed by atoms with van der Waals surface area (Å²) < 4.78 is 0. The number of pyridine rings is 1. The largest absolute Gasteiger partial charge is 0.351 e. The van der Waals surface area contributed by atoms with Gasteiger partial charge in [0.15, 0.2) is 0 Å². The van der Waals surface area contributed by atoms with E-state index in [0.717, 1.165) is 21.3 Å². The van der Waals surface area contributed by atoms with Crippen LogP contribution in [0, 0.1) is 6.92 Å². The van der Waals surface area contributed by atoms with Gasteiger partial charge in [0.25, 0.3) is 5.56 Å². The number of aromatic nitrogens is 1. The molecule has 0 radical (unpaired) electrons. The van der Waals surface area contributed by atoms with Crippen LogP contribution in [0.4, 0.5) is 0 Å². The summed E-state index contributed by atoms with van der Waals surface area (Å²) in [6.07, 6.45) is 0.751. The molecule has 2 N–H and O–H groups in total. The van der Waals surface area contributed by atoms with Crippen molar-refractivity contribution in [2.45, 2.75) is 26.3 Å². The Labute approximate surface area is 138 Å². The molecule has 0 spiro atoms. The number of carbonyl (C=O) groups excluding carboxylic acids is 1. The summed E-state index contributed by atoms with van der Waals surface area (Å²) in [5.74, 6) is -0.0400. The monoisotopic (exact) mass is 326 g/mol. The molecule has 0 fully saturated rings. The second-order valence-electron chi connectivity index (χ2n) is 5.57. The molecule has 0 aliphatic rings. The quantitative estimate of drug-likeness (QED) is 0.756. The molecule has 0 aliphatic heterocycles. The van der Waals surface area contributed by atoms with Crippen LogP contribution < -0.4 is 10.9 Å². The summed E-state index contributed by atoms with van der Waals surface area (Å²) in [5.41, 5.74) is 2.47. The van der Waals surface area contributed by atoms with E-state index in [-0.39, 0.29) is 11.5 Å². The van der Waals surface area contributed by atoms with E-state index in [9.17, 15) is 9.59 Å². The number of H-pyrrole nitrogens is 1. The third-order valence-electron chi connectivity index (χ3n) is 3.74. The fourth-order valence-corrected chi connectivity index (χ4v) is 3.13. The molecule has 1 amide bonds. The van der Waals surface area contributed by atoms with Crippen LogP contribution in [0.3, 0.4) is 0 Å². The van der Waals surface area contributed by atoms with Crippen LogP contribution in [0.25, 0.3) is 10.9 Å². The Morgan fingerprint density at radius 2 is 2.13 bits per heavy atom. The number of thiophene rings is 1. The van der Waals surface area contributed by atoms with Gasteiger partial charge in [-0.05, 0) is 47.9 Å². The Kier molecular flexibility index (Phi) is 4.57. The van der Waals surface area contributed by atoms with Crippen LogP contribution >= 0.6 is 11.3 Å². The smallest absolute Gasteiger partial charge is 0.251 e. The van der Waals surface area contributed by atoms with Gasteiger partial charge in [0.1, 0.15) is 0 Å². The van der Waals surface area contributed by atoms with Gasteiger partial charge in [0.2, 0.25) is 5.91 Å². The number of hydrogen-bond donors (Lipinski definition) is 2. The first-order chi connectivity index (χ1) is 11.1. The van der Waals surface area contributed by atoms with Crippen molar-refractivity contribution >= 4 is 28.1 Å². The van der Waals surface area contributed by atoms with E-state index in [2.05, 4.69) is 10.3 Å². The zero-order valence-electron chi connectivity index (χ0n) is 12.9. The number of amides is 1. The third-order valence-corrected chi connectivity index (χ3v) is 4.62. The number of benzene rings is 1. The van der Waals surface area contributed by atoms with Gasteiger partial charge >= 0.3 is 0 Å². The van der Waals surface area contributed by atoms with Gasteiger partial charge in [-0.25, -0.2) is 0 Å². The SMILES string of the molecule is Cc1ccc2cc(CCC(=O)NCc3cccs3)c(=O)[nH]c2c1. The number of nitrogens with one attached hydrogen (secondary N) is 2. The fourth-order valence-electron chi connectivity index (χ4n) is 2.48. The van der Waals surface area contributed by atoms with Crippen LogP contribution in [0.2, 0.25) is 0 Å². The van der Waals surface area contributed by atoms with Crippen LogP contribution in [-0.2, 0) is 17.8 Å². The van der Waals surface area contributed by atoms with Crippen LogP contribution in [0.5, 0.6) is 0 Å². The van der Waals surface area contributed by atoms with Crippen molar-refractivity contribution in [2.75, 3.05) is 0 Å². The molecule has 5 heteroatoms. The van der Waals surface area contributed by atoms with Crippen LogP contribution in [-0.4, -0.2) is 10.9 Å². The van der Waals surface area contributed by atoms with Gasteiger partial charge in [-0.3, -0.25) is 9.59 Å². The molecule has 3 rings (SSSR count). The highest BCUT2D eigenvalue weighted by atomic mass is 32.1. The second kappa shape index (κ2) is 6.79. The van der Waals surface area contributed by atoms with Gasteiger partial charge in [-0.2, -0.15) is 0 Å². The molecule has 4 nitrogen and oxygen atoms in total. The highest BCUT2D eigenvalue weighted by Gasteiger charge is 2.07. The van der Waals surface area contributed by atoms with E-state index in [1.54, 1.807) is 11.3 Å². The molecule has 1 aromatic carbocycles. The predicted molar refractivity (Wildman–Crippen MR) is 93.8 cm³/mol. The molecule has 0 saturated heterocycles. The standard InChI is InChI=1S/C18H18N2O2S/c1-12-4-5-13-10-14(18(22)20-16(13)9-12)6-7-17(21)19-11-15-3-2-8-23-15/h2-5,8-10H,6-7,11H2,1H3,(H,19,21)(H,20,22). The third kappa shape index (κ3) is 3.87. The molecular formula is C18H18N2O2S. The first-order valence-corrected chi connectivity index (χ1v) is 8.41. The molecule has 23 heavy (non-hydrogen) atoms. The highest BCUT2D eigenvalue weighted by Crippen LogP contribution is 2.14. The van der Waals surface area contributed by atoms with Crippen molar-refractivity contribution in [3.63, 3.8) is 0 Å². The van der Waals surface area contributed by atoms with Gasteiger partial charge in [-0.1, -0.05) is 18.2 Å². The summed E-state index contributed by atoms with van der Waals surface area (Å²) in [6, 6.07) is 11.8. The Morgan fingerprint density at radius 1 is 1.26 bits per heavy atom. The van der Waals surface area contributed by atoms with E-state index >= 15 is 0 Å². The number of carbonyl (C=O) groups is 1. The molecule has 118 valence electrons. The minimum atomic E-state index is -0.117. The maximum atomic E-state index is 12.1. The van der Waals surface area contributed by atoms with Crippen molar-refractivity contribution in [1.29, 1.82) is 0 Å². The number of fused-ring (bicyclic) bond motifs is 1. The first-order valence-electron chi connectivity index (χ1n) is 7.53. The Morgan fingerprint density at radius 3 is 2.91 bits per heavy atom. The Balaban J connectivity index is 1.64. The average Bonchev–Trinajstić information content (AvgIpc) is 3.04. The molecule has 0 atom stereocenters. The summed E-state index contributed by atoms with van der Waals surface area (Å²) in [7, 11) is 0. The van der Waals surface area contributed by atoms with Crippen molar-refractivity contribution in [3.8, 4) is 0 Å². The lowest BCUT2D eigenvalue weighted by molar-refractivity contribution is -0.121. The Hall–Kier alpha value is -2.40. The zero-order valence-corrected chi connectivity index (χ0v) is 13.7. The maximum Gasteiger partial charge on any atom is 0.251 e. The first kappa shape index (κ1) is 15.5. The van der Waals surface area contributed by atoms with E-state index < -0.39 is 0 Å². The van der Waals surface area contributed by atoms with E-state index in [0.29, 0.717) is 24.9 Å². The second-order valence-corrected chi connectivity index (χ2v) is 6.60. The Bertz CT molecular complexity index is 882. The van der Waals surface area contributed by atoms with Crippen molar-refractivity contribution in [1.82, 2.24) is 10.3 Å². The highest BCUT2D eigenvalue weighted by molar-refractivity contribution is 7.09. The number of aromatic amines is 1. The van der Waals surface area contributed by atoms with E-state index in [1.165, 1.54) is 0 Å². The van der Waals surface area contributed by atoms with Gasteiger partial charge < -0.3 is 10.3 Å². The summed E-state index contributed by atoms with van der Waals surface area (Å²) in [5, 5.41) is 5.85. The average molecular weight is 326 g/mol. The minimum Gasteiger partial charge on any atom is -0.351 e. The molecule has 0 bridgehead atoms. The maximum absolute atomic E-state index is 12.1. The minimum absolute atomic E-state index is 0.0400. The summed E-state index contributed by atoms with van der Waals surface area (Å²) in [4.78, 5) is 28.0. The van der Waals surface area contributed by atoms with Crippen molar-refractivity contribution in [3.05, 3.63) is 68.1 Å². The lowest BCUT2D eigenvalue weighted by Gasteiger charge is -2.05. The van der Waals surface area contributed by atoms with Crippen LogP contribution in [0.1, 0.15) is 22.4 Å². The van der Waals surface area contributed by atoms with Crippen molar-refractivity contribution < 1.29 is 4.79 Å². The lowest BCUT2D eigenvalue weighted by atomic mass is 10.1. The van der Waals surface area contributed by atoms with Crippen LogP contribution in [0.15, 0.2) is 46.6 Å². The molecule has 0 aliphatic carbocycles. The topological polar surface area (TPSA) is 62.0 Å². The van der Waals surface area contributed by atoms with E-state index in [4.69, 9.17) is 0 Å². The fraction of sp³-hybridized carbons (Fsp3) is 0.222.